The normalized spacial score (nSPS) is 15.7. The van der Waals surface area contributed by atoms with Gasteiger partial charge in [0.2, 0.25) is 0 Å². The van der Waals surface area contributed by atoms with Gasteiger partial charge in [-0.25, -0.2) is 0 Å². The first-order valence-electron chi connectivity index (χ1n) is 7.94. The second-order valence-corrected chi connectivity index (χ2v) is 7.31. The lowest BCUT2D eigenvalue weighted by Crippen LogP contribution is -2.48. The van der Waals surface area contributed by atoms with Gasteiger partial charge in [-0.2, -0.15) is 0 Å². The van der Waals surface area contributed by atoms with Crippen molar-refractivity contribution in [3.63, 3.8) is 0 Å². The molecule has 3 rings (SSSR count). The summed E-state index contributed by atoms with van der Waals surface area (Å²) in [5, 5.41) is 0. The second kappa shape index (κ2) is 7.45. The molecule has 0 atom stereocenters. The van der Waals surface area contributed by atoms with Crippen LogP contribution in [0.25, 0.3) is 0 Å². The van der Waals surface area contributed by atoms with Crippen molar-refractivity contribution in [3.8, 4) is 0 Å². The molecule has 1 saturated heterocycles. The molecule has 0 unspecified atom stereocenters. The van der Waals surface area contributed by atoms with Crippen molar-refractivity contribution >= 4 is 28.5 Å². The van der Waals surface area contributed by atoms with Crippen LogP contribution in [0, 0.1) is 10.5 Å². The van der Waals surface area contributed by atoms with Gasteiger partial charge in [0.15, 0.2) is 0 Å². The second-order valence-electron chi connectivity index (χ2n) is 6.07. The van der Waals surface area contributed by atoms with E-state index in [4.69, 9.17) is 0 Å². The van der Waals surface area contributed by atoms with E-state index in [1.807, 2.05) is 29.2 Å². The molecule has 0 N–H and O–H groups in total. The molecule has 0 aromatic heterocycles. The minimum atomic E-state index is 0.152. The van der Waals surface area contributed by atoms with Crippen LogP contribution in [0.2, 0.25) is 0 Å². The van der Waals surface area contributed by atoms with Crippen LogP contribution >= 0.6 is 22.6 Å². The first-order chi connectivity index (χ1) is 11.1. The number of piperazine rings is 1. The van der Waals surface area contributed by atoms with Crippen molar-refractivity contribution in [2.75, 3.05) is 26.2 Å². The van der Waals surface area contributed by atoms with E-state index in [9.17, 15) is 4.79 Å². The molecule has 1 fully saturated rings. The quantitative estimate of drug-likeness (QED) is 0.710. The summed E-state index contributed by atoms with van der Waals surface area (Å²) in [4.78, 5) is 17.0. The fourth-order valence-electron chi connectivity index (χ4n) is 2.98. The molecule has 1 aliphatic rings. The minimum absolute atomic E-state index is 0.152. The largest absolute Gasteiger partial charge is 0.336 e. The first kappa shape index (κ1) is 16.5. The molecule has 1 aliphatic heterocycles. The highest BCUT2D eigenvalue weighted by molar-refractivity contribution is 14.1. The smallest absolute Gasteiger partial charge is 0.253 e. The lowest BCUT2D eigenvalue weighted by molar-refractivity contribution is 0.0628. The zero-order valence-electron chi connectivity index (χ0n) is 13.3. The van der Waals surface area contributed by atoms with Crippen molar-refractivity contribution in [1.29, 1.82) is 0 Å². The number of aryl methyl sites for hydroxylation is 1. The number of rotatable bonds is 3. The van der Waals surface area contributed by atoms with E-state index in [-0.39, 0.29) is 5.91 Å². The Morgan fingerprint density at radius 2 is 1.78 bits per heavy atom. The molecule has 2 aromatic rings. The molecule has 0 saturated carbocycles. The van der Waals surface area contributed by atoms with Gasteiger partial charge in [-0.05, 0) is 53.3 Å². The number of carbonyl (C=O) groups excluding carboxylic acids is 1. The highest BCUT2D eigenvalue weighted by atomic mass is 127. The SMILES string of the molecule is Cc1cccc(CN2CCN(C(=O)c3cccc(I)c3)CC2)c1. The van der Waals surface area contributed by atoms with Crippen LogP contribution in [0.15, 0.2) is 48.5 Å². The Bertz CT molecular complexity index is 693. The third-order valence-corrected chi connectivity index (χ3v) is 4.89. The van der Waals surface area contributed by atoms with E-state index >= 15 is 0 Å². The van der Waals surface area contributed by atoms with Crippen molar-refractivity contribution in [3.05, 3.63) is 68.8 Å². The Labute approximate surface area is 151 Å². The highest BCUT2D eigenvalue weighted by Gasteiger charge is 2.22. The van der Waals surface area contributed by atoms with Crippen LogP contribution < -0.4 is 0 Å². The Morgan fingerprint density at radius 3 is 2.48 bits per heavy atom. The number of nitrogens with zero attached hydrogens (tertiary/aromatic N) is 2. The van der Waals surface area contributed by atoms with Crippen LogP contribution in [-0.4, -0.2) is 41.9 Å². The Morgan fingerprint density at radius 1 is 1.04 bits per heavy atom. The molecule has 23 heavy (non-hydrogen) atoms. The third kappa shape index (κ3) is 4.32. The maximum atomic E-state index is 12.6. The van der Waals surface area contributed by atoms with Gasteiger partial charge in [-0.15, -0.1) is 0 Å². The molecular weight excluding hydrogens is 399 g/mol. The molecule has 2 aromatic carbocycles. The number of benzene rings is 2. The van der Waals surface area contributed by atoms with Gasteiger partial charge in [0.25, 0.3) is 5.91 Å². The highest BCUT2D eigenvalue weighted by Crippen LogP contribution is 2.14. The Kier molecular flexibility index (Phi) is 5.33. The molecule has 0 bridgehead atoms. The van der Waals surface area contributed by atoms with E-state index in [0.29, 0.717) is 0 Å². The Balaban J connectivity index is 1.57. The molecule has 4 heteroatoms. The molecule has 1 heterocycles. The van der Waals surface area contributed by atoms with Crippen LogP contribution in [-0.2, 0) is 6.54 Å². The van der Waals surface area contributed by atoms with E-state index in [0.717, 1.165) is 41.9 Å². The average molecular weight is 420 g/mol. The fraction of sp³-hybridized carbons (Fsp3) is 0.316. The maximum absolute atomic E-state index is 12.6. The summed E-state index contributed by atoms with van der Waals surface area (Å²) in [5.74, 6) is 0.152. The lowest BCUT2D eigenvalue weighted by Gasteiger charge is -2.34. The monoisotopic (exact) mass is 420 g/mol. The van der Waals surface area contributed by atoms with E-state index < -0.39 is 0 Å². The first-order valence-corrected chi connectivity index (χ1v) is 9.02. The number of amides is 1. The van der Waals surface area contributed by atoms with Crippen LogP contribution in [0.1, 0.15) is 21.5 Å². The molecular formula is C19H21IN2O. The standard InChI is InChI=1S/C19H21IN2O/c1-15-4-2-5-16(12-15)14-21-8-10-22(11-9-21)19(23)17-6-3-7-18(20)13-17/h2-7,12-13H,8-11,14H2,1H3. The summed E-state index contributed by atoms with van der Waals surface area (Å²) >= 11 is 2.25. The molecule has 3 nitrogen and oxygen atoms in total. The number of hydrogen-bond acceptors (Lipinski definition) is 2. The molecule has 0 aliphatic carbocycles. The van der Waals surface area contributed by atoms with Crippen molar-refractivity contribution < 1.29 is 4.79 Å². The van der Waals surface area contributed by atoms with Crippen molar-refractivity contribution in [1.82, 2.24) is 9.80 Å². The zero-order valence-corrected chi connectivity index (χ0v) is 15.5. The third-order valence-electron chi connectivity index (χ3n) is 4.22. The molecule has 1 amide bonds. The maximum Gasteiger partial charge on any atom is 0.253 e. The summed E-state index contributed by atoms with van der Waals surface area (Å²) in [6.45, 7) is 6.56. The van der Waals surface area contributed by atoms with Crippen molar-refractivity contribution in [2.45, 2.75) is 13.5 Å². The summed E-state index contributed by atoms with van der Waals surface area (Å²) in [6.07, 6.45) is 0. The number of carbonyl (C=O) groups is 1. The van der Waals surface area contributed by atoms with Gasteiger partial charge in [0.1, 0.15) is 0 Å². The number of hydrogen-bond donors (Lipinski definition) is 0. The van der Waals surface area contributed by atoms with Crippen LogP contribution in [0.3, 0.4) is 0 Å². The van der Waals surface area contributed by atoms with E-state index in [1.54, 1.807) is 0 Å². The van der Waals surface area contributed by atoms with Crippen molar-refractivity contribution in [2.24, 2.45) is 0 Å². The minimum Gasteiger partial charge on any atom is -0.336 e. The summed E-state index contributed by atoms with van der Waals surface area (Å²) in [6, 6.07) is 16.5. The van der Waals surface area contributed by atoms with Gasteiger partial charge in [0.05, 0.1) is 0 Å². The average Bonchev–Trinajstić information content (AvgIpc) is 2.55. The lowest BCUT2D eigenvalue weighted by atomic mass is 10.1. The number of halogens is 1. The predicted molar refractivity (Wildman–Crippen MR) is 102 cm³/mol. The topological polar surface area (TPSA) is 23.6 Å². The van der Waals surface area contributed by atoms with Crippen LogP contribution in [0.5, 0.6) is 0 Å². The van der Waals surface area contributed by atoms with Crippen LogP contribution in [0.4, 0.5) is 0 Å². The Hall–Kier alpha value is -1.40. The van der Waals surface area contributed by atoms with Gasteiger partial charge in [-0.3, -0.25) is 9.69 Å². The summed E-state index contributed by atoms with van der Waals surface area (Å²) in [7, 11) is 0. The summed E-state index contributed by atoms with van der Waals surface area (Å²) in [5.41, 5.74) is 3.45. The zero-order chi connectivity index (χ0) is 16.2. The van der Waals surface area contributed by atoms with Gasteiger partial charge in [-0.1, -0.05) is 35.9 Å². The molecule has 120 valence electrons. The van der Waals surface area contributed by atoms with E-state index in [2.05, 4.69) is 58.7 Å². The predicted octanol–water partition coefficient (Wildman–Crippen LogP) is 3.56. The van der Waals surface area contributed by atoms with Gasteiger partial charge < -0.3 is 4.90 Å². The molecule has 0 spiro atoms. The summed E-state index contributed by atoms with van der Waals surface area (Å²) < 4.78 is 1.10. The molecule has 0 radical (unpaired) electrons. The van der Waals surface area contributed by atoms with Gasteiger partial charge in [0, 0.05) is 41.9 Å². The van der Waals surface area contributed by atoms with Gasteiger partial charge >= 0.3 is 0 Å². The van der Waals surface area contributed by atoms with E-state index in [1.165, 1.54) is 11.1 Å². The fourth-order valence-corrected chi connectivity index (χ4v) is 3.52.